The maximum absolute atomic E-state index is 11.8. The van der Waals surface area contributed by atoms with Crippen LogP contribution in [0.25, 0.3) is 11.1 Å². The van der Waals surface area contributed by atoms with Gasteiger partial charge in [0.25, 0.3) is 0 Å². The van der Waals surface area contributed by atoms with Crippen molar-refractivity contribution in [1.29, 1.82) is 0 Å². The average Bonchev–Trinajstić information content (AvgIpc) is 3.04. The molecule has 0 aliphatic heterocycles. The van der Waals surface area contributed by atoms with Gasteiger partial charge in [0.15, 0.2) is 11.5 Å². The van der Waals surface area contributed by atoms with Crippen LogP contribution in [0.4, 0.5) is 0 Å². The number of carbonyl (C=O) groups excluding carboxylic acids is 1. The average molecular weight is 231 g/mol. The van der Waals surface area contributed by atoms with Gasteiger partial charge in [0, 0.05) is 6.92 Å². The summed E-state index contributed by atoms with van der Waals surface area (Å²) in [6, 6.07) is 5.73. The van der Waals surface area contributed by atoms with E-state index < -0.39 is 5.41 Å². The summed E-state index contributed by atoms with van der Waals surface area (Å²) < 4.78 is 10.3. The van der Waals surface area contributed by atoms with Gasteiger partial charge < -0.3 is 9.15 Å². The van der Waals surface area contributed by atoms with Crippen molar-refractivity contribution in [3.8, 4) is 0 Å². The number of carbonyl (C=O) groups is 1. The second kappa shape index (κ2) is 3.32. The van der Waals surface area contributed by atoms with Gasteiger partial charge in [-0.15, -0.1) is 0 Å². The quantitative estimate of drug-likeness (QED) is 0.744. The maximum Gasteiger partial charge on any atom is 0.316 e. The number of rotatable bonds is 2. The van der Waals surface area contributed by atoms with Crippen molar-refractivity contribution in [3.63, 3.8) is 0 Å². The van der Waals surface area contributed by atoms with Gasteiger partial charge in [0.05, 0.1) is 12.5 Å². The van der Waals surface area contributed by atoms with Crippen molar-refractivity contribution in [2.24, 2.45) is 0 Å². The molecular formula is C13H13NO3. The van der Waals surface area contributed by atoms with Gasteiger partial charge in [-0.1, -0.05) is 6.07 Å². The smallest absolute Gasteiger partial charge is 0.316 e. The molecule has 1 aliphatic carbocycles. The molecule has 2 aromatic rings. The van der Waals surface area contributed by atoms with E-state index in [1.54, 1.807) is 0 Å². The molecule has 0 spiro atoms. The number of esters is 1. The normalized spacial score (nSPS) is 17.1. The highest BCUT2D eigenvalue weighted by molar-refractivity contribution is 5.88. The molecule has 1 saturated carbocycles. The van der Waals surface area contributed by atoms with Crippen LogP contribution in [-0.4, -0.2) is 18.1 Å². The van der Waals surface area contributed by atoms with Gasteiger partial charge in [0.1, 0.15) is 5.52 Å². The molecular weight excluding hydrogens is 218 g/mol. The summed E-state index contributed by atoms with van der Waals surface area (Å²) in [5.41, 5.74) is 2.08. The number of fused-ring (bicyclic) bond motifs is 1. The van der Waals surface area contributed by atoms with Gasteiger partial charge in [-0.2, -0.15) is 0 Å². The molecule has 1 heterocycles. The van der Waals surface area contributed by atoms with Crippen molar-refractivity contribution in [2.45, 2.75) is 25.2 Å². The lowest BCUT2D eigenvalue weighted by Gasteiger charge is -2.12. The van der Waals surface area contributed by atoms with Crippen LogP contribution >= 0.6 is 0 Å². The predicted octanol–water partition coefficient (Wildman–Crippen LogP) is 2.34. The molecule has 4 heteroatoms. The van der Waals surface area contributed by atoms with Crippen LogP contribution < -0.4 is 0 Å². The Kier molecular flexibility index (Phi) is 2.02. The molecule has 1 aromatic heterocycles. The van der Waals surface area contributed by atoms with Crippen LogP contribution in [0.2, 0.25) is 0 Å². The van der Waals surface area contributed by atoms with Gasteiger partial charge in [-0.25, -0.2) is 4.98 Å². The highest BCUT2D eigenvalue weighted by Gasteiger charge is 2.52. The number of hydrogen-bond acceptors (Lipinski definition) is 4. The molecule has 17 heavy (non-hydrogen) atoms. The molecule has 0 amide bonds. The summed E-state index contributed by atoms with van der Waals surface area (Å²) in [6.07, 6.45) is 1.69. The van der Waals surface area contributed by atoms with Crippen LogP contribution in [0.15, 0.2) is 22.6 Å². The number of benzene rings is 1. The fourth-order valence-electron chi connectivity index (χ4n) is 2.27. The van der Waals surface area contributed by atoms with Crippen LogP contribution in [-0.2, 0) is 14.9 Å². The number of aromatic nitrogens is 1. The molecule has 1 aromatic carbocycles. The number of nitrogens with zero attached hydrogens (tertiary/aromatic N) is 1. The van der Waals surface area contributed by atoms with Crippen molar-refractivity contribution >= 4 is 17.1 Å². The van der Waals surface area contributed by atoms with Crippen molar-refractivity contribution in [2.75, 3.05) is 7.11 Å². The zero-order chi connectivity index (χ0) is 12.0. The number of methoxy groups -OCH3 is 1. The molecule has 0 unspecified atom stereocenters. The van der Waals surface area contributed by atoms with Gasteiger partial charge in [-0.3, -0.25) is 4.79 Å². The molecule has 0 radical (unpaired) electrons. The Morgan fingerprint density at radius 2 is 2.24 bits per heavy atom. The van der Waals surface area contributed by atoms with E-state index in [2.05, 4.69) is 4.98 Å². The highest BCUT2D eigenvalue weighted by Crippen LogP contribution is 2.49. The maximum atomic E-state index is 11.8. The molecule has 1 fully saturated rings. The monoisotopic (exact) mass is 231 g/mol. The summed E-state index contributed by atoms with van der Waals surface area (Å²) in [6.45, 7) is 1.81. The van der Waals surface area contributed by atoms with Crippen LogP contribution in [0.3, 0.4) is 0 Å². The standard InChI is InChI=1S/C13H13NO3/c1-8-14-10-4-3-9(7-11(10)17-8)13(5-6-13)12(15)16-2/h3-4,7H,5-6H2,1-2H3. The number of aryl methyl sites for hydroxylation is 1. The first kappa shape index (κ1) is 10.3. The van der Waals surface area contributed by atoms with E-state index in [0.29, 0.717) is 5.89 Å². The zero-order valence-corrected chi connectivity index (χ0v) is 9.82. The van der Waals surface area contributed by atoms with Gasteiger partial charge in [-0.05, 0) is 30.5 Å². The zero-order valence-electron chi connectivity index (χ0n) is 9.82. The summed E-state index contributed by atoms with van der Waals surface area (Å²) in [5.74, 6) is 0.480. The lowest BCUT2D eigenvalue weighted by molar-refractivity contribution is -0.143. The van der Waals surface area contributed by atoms with E-state index in [1.807, 2.05) is 25.1 Å². The molecule has 88 valence electrons. The lowest BCUT2D eigenvalue weighted by atomic mass is 9.96. The minimum absolute atomic E-state index is 0.159. The Hall–Kier alpha value is -1.84. The largest absolute Gasteiger partial charge is 0.468 e. The summed E-state index contributed by atoms with van der Waals surface area (Å²) in [7, 11) is 1.43. The van der Waals surface area contributed by atoms with E-state index in [0.717, 1.165) is 29.5 Å². The molecule has 4 nitrogen and oxygen atoms in total. The summed E-state index contributed by atoms with van der Waals surface area (Å²) in [5, 5.41) is 0. The van der Waals surface area contributed by atoms with Gasteiger partial charge in [0.2, 0.25) is 0 Å². The fraction of sp³-hybridized carbons (Fsp3) is 0.385. The second-order valence-corrected chi connectivity index (χ2v) is 4.49. The van der Waals surface area contributed by atoms with Crippen LogP contribution in [0.1, 0.15) is 24.3 Å². The Bertz CT molecular complexity index is 596. The summed E-state index contributed by atoms with van der Waals surface area (Å²) in [4.78, 5) is 16.0. The van der Waals surface area contributed by atoms with E-state index in [-0.39, 0.29) is 5.97 Å². The van der Waals surface area contributed by atoms with E-state index in [1.165, 1.54) is 7.11 Å². The third kappa shape index (κ3) is 1.44. The number of oxazole rings is 1. The van der Waals surface area contributed by atoms with E-state index in [4.69, 9.17) is 9.15 Å². The van der Waals surface area contributed by atoms with Gasteiger partial charge >= 0.3 is 5.97 Å². The molecule has 0 saturated heterocycles. The second-order valence-electron chi connectivity index (χ2n) is 4.49. The Morgan fingerprint density at radius 1 is 1.47 bits per heavy atom. The molecule has 0 atom stereocenters. The Balaban J connectivity index is 2.09. The SMILES string of the molecule is COC(=O)C1(c2ccc3nc(C)oc3c2)CC1. The minimum atomic E-state index is -0.441. The van der Waals surface area contributed by atoms with Crippen LogP contribution in [0, 0.1) is 6.92 Å². The summed E-state index contributed by atoms with van der Waals surface area (Å²) >= 11 is 0. The van der Waals surface area contributed by atoms with Crippen molar-refractivity contribution < 1.29 is 13.9 Å². The molecule has 0 N–H and O–H groups in total. The Labute approximate surface area is 98.6 Å². The molecule has 0 bridgehead atoms. The first-order chi connectivity index (χ1) is 8.15. The first-order valence-corrected chi connectivity index (χ1v) is 5.62. The molecule has 3 rings (SSSR count). The van der Waals surface area contributed by atoms with Crippen molar-refractivity contribution in [1.82, 2.24) is 4.98 Å². The fourth-order valence-corrected chi connectivity index (χ4v) is 2.27. The van der Waals surface area contributed by atoms with E-state index >= 15 is 0 Å². The highest BCUT2D eigenvalue weighted by atomic mass is 16.5. The predicted molar refractivity (Wildman–Crippen MR) is 61.7 cm³/mol. The third-order valence-corrected chi connectivity index (χ3v) is 3.37. The van der Waals surface area contributed by atoms with E-state index in [9.17, 15) is 4.79 Å². The van der Waals surface area contributed by atoms with Crippen LogP contribution in [0.5, 0.6) is 0 Å². The topological polar surface area (TPSA) is 52.3 Å². The Morgan fingerprint density at radius 3 is 2.88 bits per heavy atom. The minimum Gasteiger partial charge on any atom is -0.468 e. The third-order valence-electron chi connectivity index (χ3n) is 3.37. The molecule has 1 aliphatic rings. The van der Waals surface area contributed by atoms with Crippen molar-refractivity contribution in [3.05, 3.63) is 29.7 Å². The number of hydrogen-bond donors (Lipinski definition) is 0. The lowest BCUT2D eigenvalue weighted by Crippen LogP contribution is -2.21. The first-order valence-electron chi connectivity index (χ1n) is 5.62. The number of ether oxygens (including phenoxy) is 1.